The maximum atomic E-state index is 10.4. The van der Waals surface area contributed by atoms with Crippen LogP contribution in [0.3, 0.4) is 0 Å². The molecule has 1 fully saturated rings. The topological polar surface area (TPSA) is 137 Å². The molecular formula is C6H13O8P. The van der Waals surface area contributed by atoms with Gasteiger partial charge < -0.3 is 29.8 Å². The molecule has 1 aliphatic rings. The van der Waals surface area contributed by atoms with Gasteiger partial charge in [0.25, 0.3) is 0 Å². The monoisotopic (exact) mass is 244 g/mol. The maximum Gasteiger partial charge on any atom is 0.469 e. The molecule has 4 atom stereocenters. The van der Waals surface area contributed by atoms with Gasteiger partial charge in [0.2, 0.25) is 5.79 Å². The number of hydrogen-bond donors (Lipinski definition) is 5. The first-order valence-electron chi connectivity index (χ1n) is 4.12. The van der Waals surface area contributed by atoms with Crippen molar-refractivity contribution in [3.8, 4) is 0 Å². The van der Waals surface area contributed by atoms with Gasteiger partial charge in [0.1, 0.15) is 18.8 Å². The minimum absolute atomic E-state index is 0.856. The summed E-state index contributed by atoms with van der Waals surface area (Å²) in [6.07, 6.45) is -3.88. The van der Waals surface area contributed by atoms with E-state index in [1.165, 1.54) is 6.92 Å². The van der Waals surface area contributed by atoms with Gasteiger partial charge in [0.15, 0.2) is 0 Å². The second-order valence-electron chi connectivity index (χ2n) is 3.37. The van der Waals surface area contributed by atoms with E-state index >= 15 is 0 Å². The van der Waals surface area contributed by atoms with Crippen LogP contribution in [0.4, 0.5) is 0 Å². The molecule has 0 aromatic rings. The van der Waals surface area contributed by atoms with Gasteiger partial charge >= 0.3 is 7.82 Å². The quantitative estimate of drug-likeness (QED) is 0.357. The van der Waals surface area contributed by atoms with Gasteiger partial charge in [-0.1, -0.05) is 0 Å². The molecule has 0 bridgehead atoms. The zero-order valence-electron chi connectivity index (χ0n) is 7.85. The predicted molar refractivity (Wildman–Crippen MR) is 45.5 cm³/mol. The van der Waals surface area contributed by atoms with Gasteiger partial charge in [-0.2, -0.15) is 0 Å². The number of phosphoric ester groups is 1. The number of hydrogen-bond acceptors (Lipinski definition) is 6. The van der Waals surface area contributed by atoms with Gasteiger partial charge in [0.05, 0.1) is 6.10 Å². The minimum atomic E-state index is -4.76. The normalized spacial score (nSPS) is 42.1. The fraction of sp³-hybridized carbons (Fsp3) is 1.00. The second kappa shape index (κ2) is 4.08. The highest BCUT2D eigenvalue weighted by Crippen LogP contribution is 2.39. The number of aliphatic hydroxyl groups is 3. The molecule has 1 heterocycles. The van der Waals surface area contributed by atoms with E-state index < -0.39 is 38.5 Å². The third kappa shape index (κ3) is 2.96. The molecule has 0 aliphatic carbocycles. The van der Waals surface area contributed by atoms with Crippen molar-refractivity contribution in [1.82, 2.24) is 0 Å². The van der Waals surface area contributed by atoms with Crippen molar-refractivity contribution in [2.75, 3.05) is 6.61 Å². The molecule has 90 valence electrons. The molecule has 0 radical (unpaired) electrons. The predicted octanol–water partition coefficient (Wildman–Crippen LogP) is -2.08. The van der Waals surface area contributed by atoms with Crippen LogP contribution in [-0.2, 0) is 13.8 Å². The van der Waals surface area contributed by atoms with Gasteiger partial charge in [-0.3, -0.25) is 4.52 Å². The van der Waals surface area contributed by atoms with Crippen LogP contribution in [0.5, 0.6) is 0 Å². The number of phosphoric acid groups is 1. The van der Waals surface area contributed by atoms with Crippen LogP contribution in [0.1, 0.15) is 6.92 Å². The third-order valence-corrected chi connectivity index (χ3v) is 2.56. The minimum Gasteiger partial charge on any atom is -0.387 e. The molecule has 1 aliphatic heterocycles. The first-order valence-corrected chi connectivity index (χ1v) is 5.65. The van der Waals surface area contributed by atoms with E-state index in [0.717, 1.165) is 0 Å². The largest absolute Gasteiger partial charge is 0.469 e. The number of aliphatic hydroxyl groups excluding tert-OH is 2. The summed E-state index contributed by atoms with van der Waals surface area (Å²) < 4.78 is 19.1. The molecule has 8 nitrogen and oxygen atoms in total. The van der Waals surface area contributed by atoms with Crippen LogP contribution < -0.4 is 0 Å². The Hall–Kier alpha value is -0.0500. The summed E-state index contributed by atoms with van der Waals surface area (Å²) in [5.74, 6) is -2.31. The molecular weight excluding hydrogens is 231 g/mol. The Labute approximate surface area is 85.3 Å². The van der Waals surface area contributed by atoms with Crippen LogP contribution in [-0.4, -0.2) is 55.8 Å². The number of ether oxygens (including phenoxy) is 1. The average Bonchev–Trinajstić information content (AvgIpc) is 2.27. The SMILES string of the molecule is C[C@@H]1OC(O)(COP(=O)(O)O)[C@H](O)[C@H]1O. The molecule has 1 unspecified atom stereocenters. The summed E-state index contributed by atoms with van der Waals surface area (Å²) in [5, 5.41) is 28.1. The van der Waals surface area contributed by atoms with E-state index in [2.05, 4.69) is 4.52 Å². The lowest BCUT2D eigenvalue weighted by atomic mass is 10.1. The summed E-state index contributed by atoms with van der Waals surface area (Å²) >= 11 is 0. The summed E-state index contributed by atoms with van der Waals surface area (Å²) in [4.78, 5) is 16.8. The van der Waals surface area contributed by atoms with E-state index in [1.807, 2.05) is 0 Å². The summed E-state index contributed by atoms with van der Waals surface area (Å²) in [6.45, 7) is 0.461. The van der Waals surface area contributed by atoms with E-state index in [9.17, 15) is 19.9 Å². The average molecular weight is 244 g/mol. The zero-order valence-corrected chi connectivity index (χ0v) is 8.74. The van der Waals surface area contributed by atoms with E-state index in [-0.39, 0.29) is 0 Å². The first kappa shape index (κ1) is 13.0. The Bertz CT molecular complexity index is 276. The Morgan fingerprint density at radius 1 is 1.47 bits per heavy atom. The molecule has 0 aromatic carbocycles. The van der Waals surface area contributed by atoms with Gasteiger partial charge in [-0.25, -0.2) is 4.57 Å². The zero-order chi connectivity index (χ0) is 11.9. The van der Waals surface area contributed by atoms with Crippen LogP contribution in [0.2, 0.25) is 0 Å². The third-order valence-electron chi connectivity index (χ3n) is 2.10. The van der Waals surface area contributed by atoms with Gasteiger partial charge in [-0.15, -0.1) is 0 Å². The summed E-state index contributed by atoms with van der Waals surface area (Å²) in [5.41, 5.74) is 0. The van der Waals surface area contributed by atoms with Crippen LogP contribution in [0.15, 0.2) is 0 Å². The lowest BCUT2D eigenvalue weighted by Crippen LogP contribution is -2.46. The fourth-order valence-corrected chi connectivity index (χ4v) is 1.63. The van der Waals surface area contributed by atoms with Gasteiger partial charge in [0, 0.05) is 0 Å². The molecule has 1 rings (SSSR count). The fourth-order valence-electron chi connectivity index (χ4n) is 1.28. The van der Waals surface area contributed by atoms with E-state index in [1.54, 1.807) is 0 Å². The van der Waals surface area contributed by atoms with Crippen molar-refractivity contribution >= 4 is 7.82 Å². The second-order valence-corrected chi connectivity index (χ2v) is 4.61. The Balaban J connectivity index is 2.64. The molecule has 0 aromatic heterocycles. The van der Waals surface area contributed by atoms with Crippen molar-refractivity contribution in [2.24, 2.45) is 0 Å². The highest BCUT2D eigenvalue weighted by molar-refractivity contribution is 7.46. The van der Waals surface area contributed by atoms with E-state index in [4.69, 9.17) is 14.5 Å². The molecule has 0 spiro atoms. The van der Waals surface area contributed by atoms with Crippen LogP contribution in [0.25, 0.3) is 0 Å². The molecule has 15 heavy (non-hydrogen) atoms. The Morgan fingerprint density at radius 2 is 2.00 bits per heavy atom. The first-order chi connectivity index (χ1) is 6.66. The lowest BCUT2D eigenvalue weighted by molar-refractivity contribution is -0.241. The Morgan fingerprint density at radius 3 is 2.33 bits per heavy atom. The van der Waals surface area contributed by atoms with Crippen LogP contribution in [0, 0.1) is 0 Å². The van der Waals surface area contributed by atoms with Gasteiger partial charge in [-0.05, 0) is 6.92 Å². The van der Waals surface area contributed by atoms with Crippen molar-refractivity contribution < 1.29 is 38.9 Å². The van der Waals surface area contributed by atoms with Crippen molar-refractivity contribution in [3.05, 3.63) is 0 Å². The molecule has 1 saturated heterocycles. The number of rotatable bonds is 3. The molecule has 5 N–H and O–H groups in total. The van der Waals surface area contributed by atoms with E-state index in [0.29, 0.717) is 0 Å². The lowest BCUT2D eigenvalue weighted by Gasteiger charge is -2.25. The standard InChI is InChI=1S/C6H13O8P/c1-3-4(7)5(8)6(9,14-3)2-13-15(10,11)12/h3-5,7-9H,2H2,1H3,(H2,10,11,12)/t3-,4-,5+,6?/m0/s1. The summed E-state index contributed by atoms with van der Waals surface area (Å²) in [7, 11) is -4.76. The maximum absolute atomic E-state index is 10.4. The molecule has 9 heteroatoms. The van der Waals surface area contributed by atoms with Crippen molar-refractivity contribution in [2.45, 2.75) is 31.0 Å². The molecule has 0 saturated carbocycles. The Kier molecular flexibility index (Phi) is 3.54. The van der Waals surface area contributed by atoms with Crippen LogP contribution >= 0.6 is 7.82 Å². The highest BCUT2D eigenvalue weighted by atomic mass is 31.2. The van der Waals surface area contributed by atoms with Crippen molar-refractivity contribution in [1.29, 1.82) is 0 Å². The molecule has 0 amide bonds. The summed E-state index contributed by atoms with van der Waals surface area (Å²) in [6, 6.07) is 0. The smallest absolute Gasteiger partial charge is 0.387 e. The van der Waals surface area contributed by atoms with Crippen molar-refractivity contribution in [3.63, 3.8) is 0 Å². The highest BCUT2D eigenvalue weighted by Gasteiger charge is 2.52.